The number of para-hydroxylation sites is 1. The van der Waals surface area contributed by atoms with Gasteiger partial charge in [-0.3, -0.25) is 4.72 Å². The van der Waals surface area contributed by atoms with Gasteiger partial charge in [0, 0.05) is 0 Å². The van der Waals surface area contributed by atoms with E-state index in [0.29, 0.717) is 12.3 Å². The molecule has 2 aromatic rings. The van der Waals surface area contributed by atoms with E-state index < -0.39 is 15.8 Å². The molecule has 108 valence electrons. The first-order valence-corrected chi connectivity index (χ1v) is 7.58. The van der Waals surface area contributed by atoms with Crippen molar-refractivity contribution in [1.82, 2.24) is 5.32 Å². The summed E-state index contributed by atoms with van der Waals surface area (Å²) in [6.45, 7) is 3.11. The zero-order valence-corrected chi connectivity index (χ0v) is 11.7. The average Bonchev–Trinajstić information content (AvgIpc) is 2.88. The lowest BCUT2D eigenvalue weighted by atomic mass is 10.3. The Hall–Kier alpha value is -1.86. The minimum absolute atomic E-state index is 0.114. The lowest BCUT2D eigenvalue weighted by Crippen LogP contribution is -2.13. The second kappa shape index (κ2) is 6.06. The summed E-state index contributed by atoms with van der Waals surface area (Å²) in [5.41, 5.74) is -0.114. The smallest absolute Gasteiger partial charge is 0.295 e. The normalized spacial score (nSPS) is 11.5. The summed E-state index contributed by atoms with van der Waals surface area (Å²) in [4.78, 5) is 0. The SMILES string of the molecule is CCNCc1ccc(S(=O)(=O)Nc2ccccc2F)o1. The molecule has 0 saturated heterocycles. The van der Waals surface area contributed by atoms with Gasteiger partial charge in [-0.2, -0.15) is 8.42 Å². The van der Waals surface area contributed by atoms with Crippen molar-refractivity contribution in [2.45, 2.75) is 18.6 Å². The Morgan fingerprint density at radius 2 is 1.95 bits per heavy atom. The first kappa shape index (κ1) is 14.5. The van der Waals surface area contributed by atoms with Crippen molar-refractivity contribution in [3.05, 3.63) is 48.0 Å². The van der Waals surface area contributed by atoms with E-state index in [1.54, 1.807) is 12.1 Å². The highest BCUT2D eigenvalue weighted by Crippen LogP contribution is 2.20. The molecule has 0 radical (unpaired) electrons. The highest BCUT2D eigenvalue weighted by molar-refractivity contribution is 7.92. The Labute approximate surface area is 116 Å². The minimum atomic E-state index is -3.92. The molecule has 0 spiro atoms. The van der Waals surface area contributed by atoms with E-state index in [2.05, 4.69) is 10.0 Å². The van der Waals surface area contributed by atoms with Crippen molar-refractivity contribution in [3.8, 4) is 0 Å². The van der Waals surface area contributed by atoms with Crippen LogP contribution in [0.5, 0.6) is 0 Å². The molecule has 1 aromatic heterocycles. The van der Waals surface area contributed by atoms with E-state index in [4.69, 9.17) is 4.42 Å². The van der Waals surface area contributed by atoms with Crippen molar-refractivity contribution in [3.63, 3.8) is 0 Å². The molecule has 0 unspecified atom stereocenters. The van der Waals surface area contributed by atoms with Crippen molar-refractivity contribution in [2.75, 3.05) is 11.3 Å². The van der Waals surface area contributed by atoms with Gasteiger partial charge in [0.25, 0.3) is 10.0 Å². The van der Waals surface area contributed by atoms with Crippen LogP contribution in [0.15, 0.2) is 45.9 Å². The van der Waals surface area contributed by atoms with Gasteiger partial charge in [0.2, 0.25) is 5.09 Å². The van der Waals surface area contributed by atoms with Crippen LogP contribution in [0.25, 0.3) is 0 Å². The number of anilines is 1. The fraction of sp³-hybridized carbons (Fsp3) is 0.231. The predicted octanol–water partition coefficient (Wildman–Crippen LogP) is 2.33. The van der Waals surface area contributed by atoms with Gasteiger partial charge >= 0.3 is 0 Å². The third-order valence-corrected chi connectivity index (χ3v) is 3.81. The van der Waals surface area contributed by atoms with Gasteiger partial charge in [0.1, 0.15) is 11.6 Å². The molecule has 1 aromatic carbocycles. The standard InChI is InChI=1S/C13H15FN2O3S/c1-2-15-9-10-7-8-13(19-10)20(17,18)16-12-6-4-3-5-11(12)14/h3-8,15-16H,2,9H2,1H3. The van der Waals surface area contributed by atoms with Crippen LogP contribution in [0.2, 0.25) is 0 Å². The molecule has 2 rings (SSSR count). The Balaban J connectivity index is 2.18. The van der Waals surface area contributed by atoms with Crippen LogP contribution in [0, 0.1) is 5.82 Å². The number of halogens is 1. The van der Waals surface area contributed by atoms with Crippen LogP contribution in [-0.4, -0.2) is 15.0 Å². The molecule has 1 heterocycles. The topological polar surface area (TPSA) is 71.3 Å². The highest BCUT2D eigenvalue weighted by atomic mass is 32.2. The van der Waals surface area contributed by atoms with E-state index in [1.165, 1.54) is 24.3 Å². The maximum atomic E-state index is 13.4. The molecule has 0 aliphatic carbocycles. The van der Waals surface area contributed by atoms with Crippen molar-refractivity contribution in [2.24, 2.45) is 0 Å². The molecule has 0 atom stereocenters. The number of hydrogen-bond acceptors (Lipinski definition) is 4. The summed E-state index contributed by atoms with van der Waals surface area (Å²) < 4.78 is 44.9. The van der Waals surface area contributed by atoms with E-state index in [0.717, 1.165) is 6.54 Å². The number of benzene rings is 1. The number of sulfonamides is 1. The lowest BCUT2D eigenvalue weighted by Gasteiger charge is -2.06. The summed E-state index contributed by atoms with van der Waals surface area (Å²) in [6, 6.07) is 8.45. The minimum Gasteiger partial charge on any atom is -0.446 e. The van der Waals surface area contributed by atoms with Gasteiger partial charge in [0.05, 0.1) is 12.2 Å². The summed E-state index contributed by atoms with van der Waals surface area (Å²) >= 11 is 0. The molecule has 7 heteroatoms. The second-order valence-corrected chi connectivity index (χ2v) is 5.70. The zero-order valence-electron chi connectivity index (χ0n) is 10.9. The average molecular weight is 298 g/mol. The molecule has 5 nitrogen and oxygen atoms in total. The molecule has 20 heavy (non-hydrogen) atoms. The van der Waals surface area contributed by atoms with Crippen molar-refractivity contribution >= 4 is 15.7 Å². The first-order chi connectivity index (χ1) is 9.53. The third kappa shape index (κ3) is 3.37. The zero-order chi connectivity index (χ0) is 14.6. The van der Waals surface area contributed by atoms with Crippen LogP contribution in [0.3, 0.4) is 0 Å². The Morgan fingerprint density at radius 3 is 2.65 bits per heavy atom. The Bertz CT molecular complexity index is 682. The number of rotatable bonds is 6. The molecule has 2 N–H and O–H groups in total. The number of furan rings is 1. The summed E-state index contributed by atoms with van der Waals surface area (Å²) in [5.74, 6) is -0.142. The van der Waals surface area contributed by atoms with Crippen LogP contribution < -0.4 is 10.0 Å². The molecule has 0 aliphatic heterocycles. The lowest BCUT2D eigenvalue weighted by molar-refractivity contribution is 0.405. The fourth-order valence-electron chi connectivity index (χ4n) is 1.58. The van der Waals surface area contributed by atoms with E-state index in [9.17, 15) is 12.8 Å². The van der Waals surface area contributed by atoms with Crippen molar-refractivity contribution < 1.29 is 17.2 Å². The van der Waals surface area contributed by atoms with E-state index in [-0.39, 0.29) is 10.8 Å². The monoisotopic (exact) mass is 298 g/mol. The summed E-state index contributed by atoms with van der Waals surface area (Å²) in [7, 11) is -3.92. The summed E-state index contributed by atoms with van der Waals surface area (Å²) in [5, 5.41) is 2.78. The highest BCUT2D eigenvalue weighted by Gasteiger charge is 2.20. The quantitative estimate of drug-likeness (QED) is 0.858. The van der Waals surface area contributed by atoms with Gasteiger partial charge in [-0.25, -0.2) is 4.39 Å². The molecular weight excluding hydrogens is 283 g/mol. The first-order valence-electron chi connectivity index (χ1n) is 6.09. The second-order valence-electron chi connectivity index (χ2n) is 4.09. The van der Waals surface area contributed by atoms with Crippen LogP contribution in [0.1, 0.15) is 12.7 Å². The van der Waals surface area contributed by atoms with Gasteiger partial charge < -0.3 is 9.73 Å². The maximum absolute atomic E-state index is 13.4. The third-order valence-electron chi connectivity index (χ3n) is 2.57. The Morgan fingerprint density at radius 1 is 1.20 bits per heavy atom. The maximum Gasteiger partial charge on any atom is 0.295 e. The van der Waals surface area contributed by atoms with Gasteiger partial charge in [0.15, 0.2) is 0 Å². The fourth-order valence-corrected chi connectivity index (χ4v) is 2.60. The van der Waals surface area contributed by atoms with Gasteiger partial charge in [-0.05, 0) is 30.8 Å². The van der Waals surface area contributed by atoms with Gasteiger partial charge in [-0.15, -0.1) is 0 Å². The molecule has 0 fully saturated rings. The van der Waals surface area contributed by atoms with Crippen LogP contribution in [-0.2, 0) is 16.6 Å². The predicted molar refractivity (Wildman–Crippen MR) is 73.3 cm³/mol. The van der Waals surface area contributed by atoms with E-state index in [1.807, 2.05) is 6.92 Å². The van der Waals surface area contributed by atoms with Crippen LogP contribution >= 0.6 is 0 Å². The molecule has 0 bridgehead atoms. The van der Waals surface area contributed by atoms with Crippen molar-refractivity contribution in [1.29, 1.82) is 0 Å². The largest absolute Gasteiger partial charge is 0.446 e. The molecule has 0 saturated carbocycles. The summed E-state index contributed by atoms with van der Waals surface area (Å²) in [6.07, 6.45) is 0. The van der Waals surface area contributed by atoms with Gasteiger partial charge in [-0.1, -0.05) is 19.1 Å². The number of nitrogens with one attached hydrogen (secondary N) is 2. The molecule has 0 amide bonds. The number of hydrogen-bond donors (Lipinski definition) is 2. The Kier molecular flexibility index (Phi) is 4.41. The van der Waals surface area contributed by atoms with Crippen LogP contribution in [0.4, 0.5) is 10.1 Å². The molecular formula is C13H15FN2O3S. The van der Waals surface area contributed by atoms with E-state index >= 15 is 0 Å². The molecule has 0 aliphatic rings.